The summed E-state index contributed by atoms with van der Waals surface area (Å²) in [4.78, 5) is 12.2. The Labute approximate surface area is 193 Å². The number of ether oxygens (including phenoxy) is 1. The lowest BCUT2D eigenvalue weighted by atomic mass is 9.98. The fourth-order valence-electron chi connectivity index (χ4n) is 4.18. The van der Waals surface area contributed by atoms with E-state index in [-0.39, 0.29) is 23.8 Å². The smallest absolute Gasteiger partial charge is 0.416 e. The van der Waals surface area contributed by atoms with Crippen LogP contribution >= 0.6 is 0 Å². The van der Waals surface area contributed by atoms with Gasteiger partial charge >= 0.3 is 12.3 Å². The van der Waals surface area contributed by atoms with E-state index in [1.165, 1.54) is 0 Å². The molecule has 0 heterocycles. The number of carbonyl (C=O) groups is 1. The highest BCUT2D eigenvalue weighted by Gasteiger charge is 2.32. The number of hydrogen-bond acceptors (Lipinski definition) is 5. The van der Waals surface area contributed by atoms with Crippen LogP contribution in [0.3, 0.4) is 0 Å². The van der Waals surface area contributed by atoms with E-state index in [1.54, 1.807) is 0 Å². The van der Waals surface area contributed by atoms with Crippen LogP contribution in [0.2, 0.25) is 0 Å². The molecular weight excluding hydrogens is 449 g/mol. The van der Waals surface area contributed by atoms with Gasteiger partial charge in [0.15, 0.2) is 0 Å². The number of nitrogen functional groups attached to an aromatic ring is 1. The van der Waals surface area contributed by atoms with Gasteiger partial charge < -0.3 is 26.0 Å². The van der Waals surface area contributed by atoms with Crippen molar-refractivity contribution in [2.45, 2.75) is 24.3 Å². The number of rotatable bonds is 6. The van der Waals surface area contributed by atoms with Gasteiger partial charge in [0.05, 0.1) is 5.56 Å². The number of nitrogens with one attached hydrogen (secondary N) is 1. The number of benzene rings is 3. The Hall–Kier alpha value is -3.56. The van der Waals surface area contributed by atoms with Gasteiger partial charge in [-0.05, 0) is 34.4 Å². The molecule has 0 aliphatic heterocycles. The molecule has 2 unspecified atom stereocenters. The van der Waals surface area contributed by atoms with Crippen LogP contribution in [0.25, 0.3) is 11.1 Å². The number of nitrogens with two attached hydrogens (primary N) is 1. The fraction of sp³-hybridized carbons (Fsp3) is 0.240. The minimum absolute atomic E-state index is 0.0738. The summed E-state index contributed by atoms with van der Waals surface area (Å²) in [5, 5.41) is 22.9. The summed E-state index contributed by atoms with van der Waals surface area (Å²) in [5.41, 5.74) is 8.53. The molecule has 6 nitrogen and oxygen atoms in total. The predicted molar refractivity (Wildman–Crippen MR) is 120 cm³/mol. The lowest BCUT2D eigenvalue weighted by molar-refractivity contribution is -0.137. The Morgan fingerprint density at radius 3 is 2.15 bits per heavy atom. The first-order valence-electron chi connectivity index (χ1n) is 10.6. The molecule has 0 saturated heterocycles. The summed E-state index contributed by atoms with van der Waals surface area (Å²) < 4.78 is 43.7. The number of anilines is 1. The zero-order chi connectivity index (χ0) is 24.5. The summed E-state index contributed by atoms with van der Waals surface area (Å²) in [6.45, 7) is -0.317. The van der Waals surface area contributed by atoms with Crippen LogP contribution in [0, 0.1) is 0 Å². The molecule has 0 spiro atoms. The van der Waals surface area contributed by atoms with E-state index in [9.17, 15) is 28.2 Å². The molecule has 4 rings (SSSR count). The molecule has 1 aliphatic rings. The number of aliphatic hydroxyl groups excluding tert-OH is 2. The Balaban J connectivity index is 1.34. The molecule has 0 bridgehead atoms. The zero-order valence-corrected chi connectivity index (χ0v) is 17.9. The van der Waals surface area contributed by atoms with Gasteiger partial charge in [-0.2, -0.15) is 13.2 Å². The van der Waals surface area contributed by atoms with Crippen LogP contribution in [0.4, 0.5) is 23.7 Å². The van der Waals surface area contributed by atoms with Crippen molar-refractivity contribution in [2.75, 3.05) is 18.9 Å². The molecule has 3 aromatic rings. The summed E-state index contributed by atoms with van der Waals surface area (Å²) in [7, 11) is 0. The summed E-state index contributed by atoms with van der Waals surface area (Å²) in [5.74, 6) is -0.138. The van der Waals surface area contributed by atoms with Gasteiger partial charge in [0.25, 0.3) is 0 Å². The fourth-order valence-corrected chi connectivity index (χ4v) is 4.18. The first kappa shape index (κ1) is 23.6. The number of halogens is 3. The maximum atomic E-state index is 12.8. The molecule has 1 aliphatic carbocycles. The summed E-state index contributed by atoms with van der Waals surface area (Å²) in [6.07, 6.45) is -8.49. The Kier molecular flexibility index (Phi) is 6.49. The number of amides is 1. The Bertz CT molecular complexity index is 1150. The van der Waals surface area contributed by atoms with E-state index >= 15 is 0 Å². The van der Waals surface area contributed by atoms with Crippen LogP contribution in [-0.2, 0) is 10.9 Å². The van der Waals surface area contributed by atoms with E-state index < -0.39 is 36.6 Å². The number of hydrogen-bond donors (Lipinski definition) is 4. The van der Waals surface area contributed by atoms with E-state index in [0.29, 0.717) is 6.07 Å². The summed E-state index contributed by atoms with van der Waals surface area (Å²) in [6, 6.07) is 18.2. The number of fused-ring (bicyclic) bond motifs is 3. The van der Waals surface area contributed by atoms with Gasteiger partial charge in [-0.1, -0.05) is 54.6 Å². The second-order valence-corrected chi connectivity index (χ2v) is 8.06. The first-order chi connectivity index (χ1) is 16.2. The van der Waals surface area contributed by atoms with Crippen molar-refractivity contribution in [1.29, 1.82) is 0 Å². The van der Waals surface area contributed by atoms with Gasteiger partial charge in [0.2, 0.25) is 0 Å². The molecule has 9 heteroatoms. The van der Waals surface area contributed by atoms with E-state index in [2.05, 4.69) is 5.32 Å². The molecule has 0 fully saturated rings. The van der Waals surface area contributed by atoms with Crippen molar-refractivity contribution in [1.82, 2.24) is 5.32 Å². The van der Waals surface area contributed by atoms with Crippen LogP contribution in [0.15, 0.2) is 66.7 Å². The van der Waals surface area contributed by atoms with Crippen molar-refractivity contribution >= 4 is 11.8 Å². The van der Waals surface area contributed by atoms with Crippen molar-refractivity contribution in [2.24, 2.45) is 0 Å². The van der Waals surface area contributed by atoms with E-state index in [4.69, 9.17) is 10.5 Å². The average Bonchev–Trinajstić information content (AvgIpc) is 3.14. The van der Waals surface area contributed by atoms with Gasteiger partial charge in [-0.25, -0.2) is 4.79 Å². The van der Waals surface area contributed by atoms with Crippen LogP contribution in [0.5, 0.6) is 0 Å². The highest BCUT2D eigenvalue weighted by Crippen LogP contribution is 2.44. The topological polar surface area (TPSA) is 105 Å². The van der Waals surface area contributed by atoms with Gasteiger partial charge in [-0.3, -0.25) is 0 Å². The first-order valence-corrected chi connectivity index (χ1v) is 10.6. The standard InChI is InChI=1S/C25H23F3N2O4/c26-25(27,28)14-9-10-19(21(29)11-14)23(32)22(31)12-30-24(33)34-13-20-17-7-3-1-5-15(17)16-6-2-4-8-18(16)20/h1-11,20,22-23,31-32H,12-13,29H2,(H,30,33). The summed E-state index contributed by atoms with van der Waals surface area (Å²) >= 11 is 0. The Morgan fingerprint density at radius 2 is 1.59 bits per heavy atom. The SMILES string of the molecule is Nc1cc(C(F)(F)F)ccc1C(O)C(O)CNC(=O)OCC1c2ccccc2-c2ccccc21. The van der Waals surface area contributed by atoms with Gasteiger partial charge in [-0.15, -0.1) is 0 Å². The molecular formula is C25H23F3N2O4. The van der Waals surface area contributed by atoms with Crippen molar-refractivity contribution in [3.05, 3.63) is 89.0 Å². The minimum Gasteiger partial charge on any atom is -0.449 e. The van der Waals surface area contributed by atoms with Gasteiger partial charge in [0.1, 0.15) is 18.8 Å². The average molecular weight is 472 g/mol. The van der Waals surface area contributed by atoms with Crippen molar-refractivity contribution in [3.63, 3.8) is 0 Å². The zero-order valence-electron chi connectivity index (χ0n) is 17.9. The lowest BCUT2D eigenvalue weighted by Gasteiger charge is -2.21. The second-order valence-electron chi connectivity index (χ2n) is 8.06. The Morgan fingerprint density at radius 1 is 1.00 bits per heavy atom. The third-order valence-corrected chi connectivity index (χ3v) is 5.90. The monoisotopic (exact) mass is 472 g/mol. The highest BCUT2D eigenvalue weighted by atomic mass is 19.4. The van der Waals surface area contributed by atoms with Crippen molar-refractivity contribution < 1.29 is 32.9 Å². The third-order valence-electron chi connectivity index (χ3n) is 5.90. The molecule has 1 amide bonds. The molecule has 178 valence electrons. The number of carbonyl (C=O) groups excluding carboxylic acids is 1. The molecule has 5 N–H and O–H groups in total. The molecule has 2 atom stereocenters. The second kappa shape index (κ2) is 9.36. The number of aliphatic hydroxyl groups is 2. The van der Waals surface area contributed by atoms with Crippen molar-refractivity contribution in [3.8, 4) is 11.1 Å². The largest absolute Gasteiger partial charge is 0.449 e. The predicted octanol–water partition coefficient (Wildman–Crippen LogP) is 4.22. The molecule has 0 radical (unpaired) electrons. The van der Waals surface area contributed by atoms with Gasteiger partial charge in [0, 0.05) is 23.7 Å². The maximum absolute atomic E-state index is 12.8. The normalized spacial score (nSPS) is 14.7. The van der Waals surface area contributed by atoms with E-state index in [0.717, 1.165) is 34.4 Å². The number of alkyl halides is 3. The molecule has 0 saturated carbocycles. The molecule has 0 aromatic heterocycles. The lowest BCUT2D eigenvalue weighted by Crippen LogP contribution is -2.36. The minimum atomic E-state index is -4.58. The third kappa shape index (κ3) is 4.71. The number of alkyl carbamates (subject to hydrolysis) is 1. The molecule has 3 aromatic carbocycles. The van der Waals surface area contributed by atoms with Crippen LogP contribution in [-0.4, -0.2) is 35.6 Å². The molecule has 34 heavy (non-hydrogen) atoms. The maximum Gasteiger partial charge on any atom is 0.416 e. The van der Waals surface area contributed by atoms with E-state index in [1.807, 2.05) is 48.5 Å². The van der Waals surface area contributed by atoms with Crippen LogP contribution < -0.4 is 11.1 Å². The van der Waals surface area contributed by atoms with Crippen LogP contribution in [0.1, 0.15) is 34.3 Å². The quantitative estimate of drug-likeness (QED) is 0.402. The highest BCUT2D eigenvalue weighted by molar-refractivity contribution is 5.79.